The van der Waals surface area contributed by atoms with Gasteiger partial charge in [0.2, 0.25) is 11.8 Å². The van der Waals surface area contributed by atoms with Gasteiger partial charge in [-0.3, -0.25) is 14.5 Å². The highest BCUT2D eigenvalue weighted by Gasteiger charge is 2.47. The highest BCUT2D eigenvalue weighted by molar-refractivity contribution is 6.08. The van der Waals surface area contributed by atoms with Crippen molar-refractivity contribution in [2.75, 3.05) is 7.05 Å². The molecule has 1 atom stereocenters. The Labute approximate surface area is 113 Å². The van der Waals surface area contributed by atoms with E-state index in [9.17, 15) is 9.59 Å². The standard InChI is InChI=1S/C15H19NO3/c1-10(2)19-12-7-5-11(6-8-12)15(3)9-13(17)16(4)14(15)18/h5-8,10H,9H2,1-4H3. The van der Waals surface area contributed by atoms with Gasteiger partial charge in [0.05, 0.1) is 11.5 Å². The summed E-state index contributed by atoms with van der Waals surface area (Å²) in [7, 11) is 1.53. The van der Waals surface area contributed by atoms with Crippen LogP contribution >= 0.6 is 0 Å². The number of ether oxygens (including phenoxy) is 1. The van der Waals surface area contributed by atoms with Gasteiger partial charge in [0.1, 0.15) is 5.75 Å². The van der Waals surface area contributed by atoms with Crippen molar-refractivity contribution in [1.82, 2.24) is 4.90 Å². The maximum Gasteiger partial charge on any atom is 0.239 e. The Balaban J connectivity index is 2.27. The van der Waals surface area contributed by atoms with E-state index in [2.05, 4.69) is 0 Å². The Morgan fingerprint density at radius 3 is 2.21 bits per heavy atom. The summed E-state index contributed by atoms with van der Waals surface area (Å²) < 4.78 is 5.57. The van der Waals surface area contributed by atoms with E-state index in [1.807, 2.05) is 45.0 Å². The molecule has 102 valence electrons. The van der Waals surface area contributed by atoms with Crippen LogP contribution in [-0.2, 0) is 15.0 Å². The number of hydrogen-bond donors (Lipinski definition) is 0. The van der Waals surface area contributed by atoms with Crippen molar-refractivity contribution < 1.29 is 14.3 Å². The summed E-state index contributed by atoms with van der Waals surface area (Å²) in [5.74, 6) is 0.498. The van der Waals surface area contributed by atoms with Gasteiger partial charge in [-0.05, 0) is 38.5 Å². The first kappa shape index (κ1) is 13.6. The highest BCUT2D eigenvalue weighted by atomic mass is 16.5. The fourth-order valence-corrected chi connectivity index (χ4v) is 2.38. The number of carbonyl (C=O) groups is 2. The molecule has 1 aromatic carbocycles. The molecular weight excluding hydrogens is 242 g/mol. The zero-order chi connectivity index (χ0) is 14.2. The van der Waals surface area contributed by atoms with Crippen molar-refractivity contribution in [1.29, 1.82) is 0 Å². The minimum absolute atomic E-state index is 0.113. The summed E-state index contributed by atoms with van der Waals surface area (Å²) in [5.41, 5.74) is 0.105. The lowest BCUT2D eigenvalue weighted by molar-refractivity contribution is -0.138. The monoisotopic (exact) mass is 261 g/mol. The SMILES string of the molecule is CC(C)Oc1ccc(C2(C)CC(=O)N(C)C2=O)cc1. The highest BCUT2D eigenvalue weighted by Crippen LogP contribution is 2.36. The summed E-state index contributed by atoms with van der Waals surface area (Å²) >= 11 is 0. The quantitative estimate of drug-likeness (QED) is 0.783. The van der Waals surface area contributed by atoms with Crippen LogP contribution in [0.25, 0.3) is 0 Å². The fraction of sp³-hybridized carbons (Fsp3) is 0.467. The normalized spacial score (nSPS) is 23.3. The van der Waals surface area contributed by atoms with Gasteiger partial charge in [0.15, 0.2) is 0 Å². The summed E-state index contributed by atoms with van der Waals surface area (Å²) in [6.07, 6.45) is 0.342. The molecule has 1 aliphatic heterocycles. The van der Waals surface area contributed by atoms with Gasteiger partial charge in [-0.25, -0.2) is 0 Å². The van der Waals surface area contributed by atoms with E-state index in [1.165, 1.54) is 11.9 Å². The topological polar surface area (TPSA) is 46.6 Å². The van der Waals surface area contributed by atoms with E-state index in [1.54, 1.807) is 0 Å². The molecular formula is C15H19NO3. The largest absolute Gasteiger partial charge is 0.491 e. The number of benzene rings is 1. The summed E-state index contributed by atoms with van der Waals surface area (Å²) in [4.78, 5) is 25.0. The average Bonchev–Trinajstić information content (AvgIpc) is 2.54. The van der Waals surface area contributed by atoms with Crippen molar-refractivity contribution in [3.63, 3.8) is 0 Å². The second kappa shape index (κ2) is 4.68. The molecule has 0 aromatic heterocycles. The van der Waals surface area contributed by atoms with Gasteiger partial charge < -0.3 is 4.74 Å². The number of rotatable bonds is 3. The van der Waals surface area contributed by atoms with E-state index >= 15 is 0 Å². The molecule has 1 aliphatic rings. The predicted octanol–water partition coefficient (Wildman–Crippen LogP) is 2.12. The number of carbonyl (C=O) groups excluding carboxylic acids is 2. The Hall–Kier alpha value is -1.84. The number of hydrogen-bond acceptors (Lipinski definition) is 3. The first-order valence-corrected chi connectivity index (χ1v) is 6.43. The van der Waals surface area contributed by atoms with Gasteiger partial charge >= 0.3 is 0 Å². The molecule has 0 N–H and O–H groups in total. The Kier molecular flexibility index (Phi) is 3.35. The molecule has 4 heteroatoms. The number of nitrogens with zero attached hydrogens (tertiary/aromatic N) is 1. The summed E-state index contributed by atoms with van der Waals surface area (Å²) in [5, 5.41) is 0. The molecule has 1 unspecified atom stereocenters. The number of amides is 2. The number of imide groups is 1. The van der Waals surface area contributed by atoms with E-state index in [0.29, 0.717) is 0 Å². The van der Waals surface area contributed by atoms with E-state index in [0.717, 1.165) is 11.3 Å². The Morgan fingerprint density at radius 1 is 1.21 bits per heavy atom. The molecule has 1 heterocycles. The van der Waals surface area contributed by atoms with Crippen molar-refractivity contribution in [2.24, 2.45) is 0 Å². The molecule has 1 saturated heterocycles. The minimum atomic E-state index is -0.748. The average molecular weight is 261 g/mol. The second-order valence-electron chi connectivity index (χ2n) is 5.46. The van der Waals surface area contributed by atoms with E-state index in [4.69, 9.17) is 4.74 Å². The first-order chi connectivity index (χ1) is 8.84. The summed E-state index contributed by atoms with van der Waals surface area (Å²) in [6, 6.07) is 7.41. The van der Waals surface area contributed by atoms with Gasteiger partial charge in [-0.15, -0.1) is 0 Å². The van der Waals surface area contributed by atoms with E-state index in [-0.39, 0.29) is 24.3 Å². The molecule has 0 radical (unpaired) electrons. The predicted molar refractivity (Wildman–Crippen MR) is 72.0 cm³/mol. The minimum Gasteiger partial charge on any atom is -0.491 e. The fourth-order valence-electron chi connectivity index (χ4n) is 2.38. The van der Waals surface area contributed by atoms with Crippen LogP contribution in [0.1, 0.15) is 32.8 Å². The van der Waals surface area contributed by atoms with Crippen molar-refractivity contribution in [3.05, 3.63) is 29.8 Å². The zero-order valence-electron chi connectivity index (χ0n) is 11.8. The van der Waals surface area contributed by atoms with Crippen LogP contribution < -0.4 is 4.74 Å². The van der Waals surface area contributed by atoms with Crippen LogP contribution in [0, 0.1) is 0 Å². The lowest BCUT2D eigenvalue weighted by Gasteiger charge is -2.21. The molecule has 1 fully saturated rings. The van der Waals surface area contributed by atoms with Crippen LogP contribution in [0.2, 0.25) is 0 Å². The third kappa shape index (κ3) is 2.35. The maximum atomic E-state index is 12.2. The maximum absolute atomic E-state index is 12.2. The Morgan fingerprint density at radius 2 is 1.79 bits per heavy atom. The van der Waals surface area contributed by atoms with Crippen LogP contribution in [0.15, 0.2) is 24.3 Å². The molecule has 2 rings (SSSR count). The lowest BCUT2D eigenvalue weighted by atomic mass is 9.81. The van der Waals surface area contributed by atoms with Crippen molar-refractivity contribution in [3.8, 4) is 5.75 Å². The van der Waals surface area contributed by atoms with Gasteiger partial charge in [-0.2, -0.15) is 0 Å². The Bertz CT molecular complexity index is 507. The number of likely N-dealkylation sites (N-methyl/N-ethyl adjacent to an activating group) is 1. The molecule has 0 saturated carbocycles. The van der Waals surface area contributed by atoms with Gasteiger partial charge in [0, 0.05) is 13.5 Å². The van der Waals surface area contributed by atoms with Crippen LogP contribution in [0.5, 0.6) is 5.75 Å². The molecule has 4 nitrogen and oxygen atoms in total. The van der Waals surface area contributed by atoms with Gasteiger partial charge in [0.25, 0.3) is 0 Å². The second-order valence-corrected chi connectivity index (χ2v) is 5.46. The smallest absolute Gasteiger partial charge is 0.239 e. The zero-order valence-corrected chi connectivity index (χ0v) is 11.8. The van der Waals surface area contributed by atoms with Crippen LogP contribution in [0.4, 0.5) is 0 Å². The molecule has 0 bridgehead atoms. The summed E-state index contributed by atoms with van der Waals surface area (Å²) in [6.45, 7) is 5.74. The third-order valence-electron chi connectivity index (χ3n) is 3.52. The van der Waals surface area contributed by atoms with Crippen molar-refractivity contribution in [2.45, 2.75) is 38.7 Å². The lowest BCUT2D eigenvalue weighted by Crippen LogP contribution is -2.34. The molecule has 0 aliphatic carbocycles. The van der Waals surface area contributed by atoms with Gasteiger partial charge in [-0.1, -0.05) is 12.1 Å². The van der Waals surface area contributed by atoms with Crippen LogP contribution in [-0.4, -0.2) is 29.9 Å². The molecule has 2 amide bonds. The van der Waals surface area contributed by atoms with E-state index < -0.39 is 5.41 Å². The molecule has 0 spiro atoms. The van der Waals surface area contributed by atoms with Crippen molar-refractivity contribution >= 4 is 11.8 Å². The number of likely N-dealkylation sites (tertiary alicyclic amines) is 1. The molecule has 19 heavy (non-hydrogen) atoms. The first-order valence-electron chi connectivity index (χ1n) is 6.43. The molecule has 1 aromatic rings. The third-order valence-corrected chi connectivity index (χ3v) is 3.52. The van der Waals surface area contributed by atoms with Crippen LogP contribution in [0.3, 0.4) is 0 Å².